The van der Waals surface area contributed by atoms with Crippen molar-refractivity contribution in [3.8, 4) is 5.75 Å². The van der Waals surface area contributed by atoms with Crippen molar-refractivity contribution in [3.05, 3.63) is 105 Å². The third kappa shape index (κ3) is 4.40. The average Bonchev–Trinajstić information content (AvgIpc) is 3.26. The molecule has 0 amide bonds. The average molecular weight is 478 g/mol. The Hall–Kier alpha value is -4.25. The Morgan fingerprint density at radius 1 is 0.944 bits per heavy atom. The van der Waals surface area contributed by atoms with Crippen LogP contribution >= 0.6 is 0 Å². The lowest BCUT2D eigenvalue weighted by Crippen LogP contribution is -2.17. The number of phenolic OH excluding ortho intramolecular Hbond substituents is 1. The smallest absolute Gasteiger partial charge is 0.339 e. The van der Waals surface area contributed by atoms with Crippen molar-refractivity contribution in [1.82, 2.24) is 4.98 Å². The van der Waals surface area contributed by atoms with E-state index in [1.165, 1.54) is 0 Å². The number of Topliss-reactive ketones (excluding diaryl/α,β-unsaturated/α-hetero) is 1. The van der Waals surface area contributed by atoms with Gasteiger partial charge < -0.3 is 9.84 Å². The maximum atomic E-state index is 13.4. The number of carbonyl (C=O) groups is 2. The molecule has 0 bridgehead atoms. The van der Waals surface area contributed by atoms with Crippen molar-refractivity contribution < 1.29 is 19.4 Å². The molecule has 1 aliphatic rings. The summed E-state index contributed by atoms with van der Waals surface area (Å²) in [4.78, 5) is 31.2. The first-order chi connectivity index (χ1) is 17.3. The van der Waals surface area contributed by atoms with Crippen molar-refractivity contribution in [1.29, 1.82) is 0 Å². The minimum Gasteiger partial charge on any atom is -0.508 e. The molecule has 1 aliphatic carbocycles. The van der Waals surface area contributed by atoms with Gasteiger partial charge in [-0.15, -0.1) is 0 Å². The van der Waals surface area contributed by atoms with Crippen LogP contribution in [0.15, 0.2) is 60.7 Å². The molecule has 5 heteroatoms. The summed E-state index contributed by atoms with van der Waals surface area (Å²) >= 11 is 0. The van der Waals surface area contributed by atoms with Gasteiger partial charge in [-0.25, -0.2) is 9.78 Å². The summed E-state index contributed by atoms with van der Waals surface area (Å²) in [5.74, 6) is -0.513. The van der Waals surface area contributed by atoms with Gasteiger partial charge >= 0.3 is 5.97 Å². The number of hydrogen-bond acceptors (Lipinski definition) is 5. The predicted molar refractivity (Wildman–Crippen MR) is 141 cm³/mol. The molecular formula is C31H27NO4. The van der Waals surface area contributed by atoms with Crippen LogP contribution in [0.4, 0.5) is 0 Å². The Bertz CT molecular complexity index is 1550. The number of carbonyl (C=O) groups excluding carboxylic acids is 2. The van der Waals surface area contributed by atoms with Crippen molar-refractivity contribution in [2.45, 2.75) is 33.6 Å². The van der Waals surface area contributed by atoms with Crippen LogP contribution in [-0.4, -0.2) is 28.4 Å². The fourth-order valence-corrected chi connectivity index (χ4v) is 4.83. The van der Waals surface area contributed by atoms with Crippen LogP contribution in [0, 0.1) is 20.8 Å². The number of esters is 1. The second kappa shape index (κ2) is 9.42. The zero-order chi connectivity index (χ0) is 25.4. The Kier molecular flexibility index (Phi) is 6.15. The molecule has 5 nitrogen and oxygen atoms in total. The Balaban J connectivity index is 1.48. The van der Waals surface area contributed by atoms with Gasteiger partial charge in [0.15, 0.2) is 6.61 Å². The summed E-state index contributed by atoms with van der Waals surface area (Å²) in [7, 11) is 0. The van der Waals surface area contributed by atoms with E-state index in [1.54, 1.807) is 12.1 Å². The molecule has 0 unspecified atom stereocenters. The Morgan fingerprint density at radius 2 is 1.67 bits per heavy atom. The predicted octanol–water partition coefficient (Wildman–Crippen LogP) is 6.39. The number of benzene rings is 3. The first kappa shape index (κ1) is 23.5. The number of ketones is 1. The lowest BCUT2D eigenvalue weighted by atomic mass is 9.98. The lowest BCUT2D eigenvalue weighted by molar-refractivity contribution is 0.0475. The monoisotopic (exact) mass is 477 g/mol. The van der Waals surface area contributed by atoms with Gasteiger partial charge in [0.25, 0.3) is 0 Å². The summed E-state index contributed by atoms with van der Waals surface area (Å²) in [5, 5.41) is 10.3. The zero-order valence-electron chi connectivity index (χ0n) is 20.6. The van der Waals surface area contributed by atoms with Crippen molar-refractivity contribution >= 4 is 34.3 Å². The van der Waals surface area contributed by atoms with Crippen molar-refractivity contribution in [2.75, 3.05) is 6.61 Å². The summed E-state index contributed by atoms with van der Waals surface area (Å²) in [6, 6.07) is 18.3. The second-order valence-electron chi connectivity index (χ2n) is 9.34. The fraction of sp³-hybridized carbons (Fsp3) is 0.194. The molecule has 3 aromatic carbocycles. The van der Waals surface area contributed by atoms with Crippen LogP contribution in [0.25, 0.3) is 22.6 Å². The van der Waals surface area contributed by atoms with Gasteiger partial charge in [0.05, 0.1) is 16.8 Å². The highest BCUT2D eigenvalue weighted by molar-refractivity contribution is 6.08. The molecule has 0 aliphatic heterocycles. The van der Waals surface area contributed by atoms with Crippen LogP contribution in [0.2, 0.25) is 0 Å². The fourth-order valence-electron chi connectivity index (χ4n) is 4.83. The number of aryl methyl sites for hydroxylation is 3. The van der Waals surface area contributed by atoms with Gasteiger partial charge in [0.2, 0.25) is 5.78 Å². The molecule has 0 radical (unpaired) electrons. The largest absolute Gasteiger partial charge is 0.508 e. The highest BCUT2D eigenvalue weighted by Gasteiger charge is 2.28. The van der Waals surface area contributed by atoms with Gasteiger partial charge in [-0.2, -0.15) is 0 Å². The number of rotatable bonds is 5. The molecule has 36 heavy (non-hydrogen) atoms. The number of pyridine rings is 1. The number of hydrogen-bond donors (Lipinski definition) is 1. The SMILES string of the molecule is Cc1cc(C)c(C(=O)COC(=O)c2c3c(nc4ccccc24)C(=Cc2ccc(O)cc2)CC3)cc1C. The third-order valence-electron chi connectivity index (χ3n) is 6.86. The van der Waals surface area contributed by atoms with E-state index >= 15 is 0 Å². The Morgan fingerprint density at radius 3 is 2.44 bits per heavy atom. The van der Waals surface area contributed by atoms with E-state index in [9.17, 15) is 14.7 Å². The number of allylic oxidation sites excluding steroid dienone is 1. The van der Waals surface area contributed by atoms with Crippen LogP contribution in [0.5, 0.6) is 5.75 Å². The topological polar surface area (TPSA) is 76.5 Å². The summed E-state index contributed by atoms with van der Waals surface area (Å²) in [6.07, 6.45) is 3.43. The summed E-state index contributed by atoms with van der Waals surface area (Å²) in [6.45, 7) is 5.56. The molecule has 0 fully saturated rings. The van der Waals surface area contributed by atoms with Crippen LogP contribution < -0.4 is 0 Å². The summed E-state index contributed by atoms with van der Waals surface area (Å²) in [5.41, 5.74) is 8.39. The van der Waals surface area contributed by atoms with Crippen LogP contribution in [0.1, 0.15) is 60.6 Å². The van der Waals surface area contributed by atoms with E-state index in [-0.39, 0.29) is 18.1 Å². The van der Waals surface area contributed by atoms with E-state index in [0.29, 0.717) is 23.1 Å². The van der Waals surface area contributed by atoms with E-state index in [0.717, 1.165) is 50.9 Å². The number of fused-ring (bicyclic) bond motifs is 2. The highest BCUT2D eigenvalue weighted by Crippen LogP contribution is 2.38. The molecule has 0 spiro atoms. The summed E-state index contributed by atoms with van der Waals surface area (Å²) < 4.78 is 5.61. The molecule has 5 rings (SSSR count). The van der Waals surface area contributed by atoms with Crippen LogP contribution in [-0.2, 0) is 11.2 Å². The van der Waals surface area contributed by atoms with Gasteiger partial charge in [-0.05, 0) is 97.3 Å². The molecule has 1 aromatic heterocycles. The van der Waals surface area contributed by atoms with Gasteiger partial charge in [0.1, 0.15) is 5.75 Å². The maximum absolute atomic E-state index is 13.4. The minimum absolute atomic E-state index is 0.212. The highest BCUT2D eigenvalue weighted by atomic mass is 16.5. The molecule has 180 valence electrons. The first-order valence-electron chi connectivity index (χ1n) is 12.0. The lowest BCUT2D eigenvalue weighted by Gasteiger charge is -2.13. The number of para-hydroxylation sites is 1. The number of nitrogens with zero attached hydrogens (tertiary/aromatic N) is 1. The quantitative estimate of drug-likeness (QED) is 0.266. The molecule has 0 saturated carbocycles. The maximum Gasteiger partial charge on any atom is 0.339 e. The van der Waals surface area contributed by atoms with Crippen molar-refractivity contribution in [3.63, 3.8) is 0 Å². The number of aromatic nitrogens is 1. The van der Waals surface area contributed by atoms with E-state index in [1.807, 2.05) is 75.4 Å². The second-order valence-corrected chi connectivity index (χ2v) is 9.34. The van der Waals surface area contributed by atoms with E-state index in [4.69, 9.17) is 9.72 Å². The molecule has 0 saturated heterocycles. The number of phenols is 1. The van der Waals surface area contributed by atoms with Gasteiger partial charge in [0, 0.05) is 10.9 Å². The molecule has 0 atom stereocenters. The molecule has 1 N–H and O–H groups in total. The first-order valence-corrected chi connectivity index (χ1v) is 12.0. The zero-order valence-corrected chi connectivity index (χ0v) is 20.6. The number of aromatic hydroxyl groups is 1. The molecule has 4 aromatic rings. The standard InChI is InChI=1S/C31H27NO4/c1-18-14-20(3)26(15-19(18)2)28(34)17-36-31(35)29-24-6-4-5-7-27(24)32-30-22(10-13-25(29)30)16-21-8-11-23(33)12-9-21/h4-9,11-12,14-16,33H,10,13,17H2,1-3H3. The van der Waals surface area contributed by atoms with Crippen LogP contribution in [0.3, 0.4) is 0 Å². The molecular weight excluding hydrogens is 450 g/mol. The number of ether oxygens (including phenoxy) is 1. The molecule has 1 heterocycles. The van der Waals surface area contributed by atoms with Gasteiger partial charge in [-0.1, -0.05) is 36.4 Å². The van der Waals surface area contributed by atoms with E-state index < -0.39 is 5.97 Å². The minimum atomic E-state index is -0.509. The van der Waals surface area contributed by atoms with Gasteiger partial charge in [-0.3, -0.25) is 4.79 Å². The van der Waals surface area contributed by atoms with E-state index in [2.05, 4.69) is 0 Å². The third-order valence-corrected chi connectivity index (χ3v) is 6.86. The Labute approximate surface area is 210 Å². The van der Waals surface area contributed by atoms with Crippen molar-refractivity contribution in [2.24, 2.45) is 0 Å². The normalized spacial score (nSPS) is 13.7.